The molecule has 1 aromatic rings. The Bertz CT molecular complexity index is 280. The highest BCUT2D eigenvalue weighted by Gasteiger charge is 2.16. The standard InChI is InChI=1S/C9H16N4O/c1-2-13-9(11-7-12-13)5-8-6-14-4-3-10-8/h7-8,10H,2-6H2,1H3. The van der Waals surface area contributed by atoms with Crippen LogP contribution in [-0.4, -0.2) is 40.6 Å². The van der Waals surface area contributed by atoms with Crippen LogP contribution < -0.4 is 5.32 Å². The van der Waals surface area contributed by atoms with E-state index in [0.29, 0.717) is 6.04 Å². The maximum absolute atomic E-state index is 5.38. The Morgan fingerprint density at radius 3 is 3.36 bits per heavy atom. The van der Waals surface area contributed by atoms with Crippen LogP contribution in [0.4, 0.5) is 0 Å². The van der Waals surface area contributed by atoms with Gasteiger partial charge in [0.2, 0.25) is 0 Å². The van der Waals surface area contributed by atoms with Crippen molar-refractivity contribution in [3.8, 4) is 0 Å². The van der Waals surface area contributed by atoms with Gasteiger partial charge in [-0.15, -0.1) is 0 Å². The van der Waals surface area contributed by atoms with E-state index < -0.39 is 0 Å². The fraction of sp³-hybridized carbons (Fsp3) is 0.778. The lowest BCUT2D eigenvalue weighted by Crippen LogP contribution is -2.43. The maximum Gasteiger partial charge on any atom is 0.138 e. The van der Waals surface area contributed by atoms with Gasteiger partial charge in [-0.1, -0.05) is 0 Å². The lowest BCUT2D eigenvalue weighted by atomic mass is 10.2. The molecule has 78 valence electrons. The van der Waals surface area contributed by atoms with Gasteiger partial charge >= 0.3 is 0 Å². The number of nitrogens with one attached hydrogen (secondary N) is 1. The average molecular weight is 196 g/mol. The fourth-order valence-electron chi connectivity index (χ4n) is 1.68. The SMILES string of the molecule is CCn1ncnc1CC1COCCN1. The van der Waals surface area contributed by atoms with E-state index in [1.54, 1.807) is 6.33 Å². The van der Waals surface area contributed by atoms with Crippen molar-refractivity contribution in [2.75, 3.05) is 19.8 Å². The Morgan fingerprint density at radius 1 is 1.71 bits per heavy atom. The van der Waals surface area contributed by atoms with E-state index in [1.165, 1.54) is 0 Å². The highest BCUT2D eigenvalue weighted by atomic mass is 16.5. The van der Waals surface area contributed by atoms with Crippen molar-refractivity contribution in [3.05, 3.63) is 12.2 Å². The molecule has 0 aliphatic carbocycles. The molecule has 5 nitrogen and oxygen atoms in total. The summed E-state index contributed by atoms with van der Waals surface area (Å²) in [5, 5.41) is 7.54. The molecule has 0 saturated carbocycles. The summed E-state index contributed by atoms with van der Waals surface area (Å²) in [5.74, 6) is 1.04. The Kier molecular flexibility index (Phi) is 3.10. The van der Waals surface area contributed by atoms with Crippen LogP contribution in [0.15, 0.2) is 6.33 Å². The van der Waals surface area contributed by atoms with Crippen molar-refractivity contribution < 1.29 is 4.74 Å². The molecule has 0 amide bonds. The Hall–Kier alpha value is -0.940. The van der Waals surface area contributed by atoms with E-state index in [4.69, 9.17) is 4.74 Å². The molecule has 1 N–H and O–H groups in total. The minimum atomic E-state index is 0.387. The highest BCUT2D eigenvalue weighted by molar-refractivity contribution is 4.90. The van der Waals surface area contributed by atoms with Crippen molar-refractivity contribution >= 4 is 0 Å². The number of morpholine rings is 1. The van der Waals surface area contributed by atoms with Gasteiger partial charge in [0.25, 0.3) is 0 Å². The molecule has 2 heterocycles. The molecular weight excluding hydrogens is 180 g/mol. The zero-order chi connectivity index (χ0) is 9.80. The largest absolute Gasteiger partial charge is 0.379 e. The van der Waals surface area contributed by atoms with E-state index in [9.17, 15) is 0 Å². The molecule has 5 heteroatoms. The average Bonchev–Trinajstić information content (AvgIpc) is 2.67. The Balaban J connectivity index is 1.95. The summed E-state index contributed by atoms with van der Waals surface area (Å²) in [6.45, 7) is 5.48. The summed E-state index contributed by atoms with van der Waals surface area (Å²) >= 11 is 0. The van der Waals surface area contributed by atoms with Gasteiger partial charge in [-0.25, -0.2) is 4.98 Å². The summed E-state index contributed by atoms with van der Waals surface area (Å²) < 4.78 is 7.31. The Labute approximate surface area is 83.5 Å². The molecule has 14 heavy (non-hydrogen) atoms. The predicted octanol–water partition coefficient (Wildman–Crippen LogP) is -0.171. The van der Waals surface area contributed by atoms with E-state index in [1.807, 2.05) is 4.68 Å². The van der Waals surface area contributed by atoms with Gasteiger partial charge < -0.3 is 10.1 Å². The molecule has 0 bridgehead atoms. The fourth-order valence-corrected chi connectivity index (χ4v) is 1.68. The summed E-state index contributed by atoms with van der Waals surface area (Å²) in [7, 11) is 0. The third kappa shape index (κ3) is 2.10. The van der Waals surface area contributed by atoms with Gasteiger partial charge in [0.05, 0.1) is 13.2 Å². The van der Waals surface area contributed by atoms with Crippen molar-refractivity contribution in [2.45, 2.75) is 25.9 Å². The van der Waals surface area contributed by atoms with Gasteiger partial charge in [-0.2, -0.15) is 5.10 Å². The van der Waals surface area contributed by atoms with Gasteiger partial charge in [0.15, 0.2) is 0 Å². The molecule has 0 aromatic carbocycles. The van der Waals surface area contributed by atoms with Crippen LogP contribution in [0.25, 0.3) is 0 Å². The topological polar surface area (TPSA) is 52.0 Å². The first-order valence-corrected chi connectivity index (χ1v) is 5.08. The molecule has 1 unspecified atom stereocenters. The van der Waals surface area contributed by atoms with Crippen LogP contribution in [0.1, 0.15) is 12.7 Å². The second-order valence-electron chi connectivity index (χ2n) is 3.42. The third-order valence-corrected chi connectivity index (χ3v) is 2.42. The normalized spacial score (nSPS) is 22.5. The van der Waals surface area contributed by atoms with Crippen LogP contribution in [-0.2, 0) is 17.7 Å². The van der Waals surface area contributed by atoms with Crippen LogP contribution in [0.2, 0.25) is 0 Å². The number of nitrogens with zero attached hydrogens (tertiary/aromatic N) is 3. The molecule has 1 aromatic heterocycles. The van der Waals surface area contributed by atoms with Crippen LogP contribution >= 0.6 is 0 Å². The molecule has 0 radical (unpaired) electrons. The number of rotatable bonds is 3. The molecular formula is C9H16N4O. The molecule has 1 fully saturated rings. The molecule has 2 rings (SSSR count). The monoisotopic (exact) mass is 196 g/mol. The van der Waals surface area contributed by atoms with Gasteiger partial charge in [0.1, 0.15) is 12.2 Å². The first kappa shape index (κ1) is 9.61. The molecule has 1 aliphatic rings. The number of aryl methyl sites for hydroxylation is 1. The zero-order valence-electron chi connectivity index (χ0n) is 8.44. The summed E-state index contributed by atoms with van der Waals surface area (Å²) in [6, 6.07) is 0.387. The summed E-state index contributed by atoms with van der Waals surface area (Å²) in [4.78, 5) is 4.24. The van der Waals surface area contributed by atoms with E-state index in [0.717, 1.165) is 38.5 Å². The number of ether oxygens (including phenoxy) is 1. The number of aromatic nitrogens is 3. The minimum absolute atomic E-state index is 0.387. The minimum Gasteiger partial charge on any atom is -0.379 e. The Morgan fingerprint density at radius 2 is 2.64 bits per heavy atom. The lowest BCUT2D eigenvalue weighted by Gasteiger charge is -2.23. The van der Waals surface area contributed by atoms with Crippen LogP contribution in [0, 0.1) is 0 Å². The van der Waals surface area contributed by atoms with E-state index in [-0.39, 0.29) is 0 Å². The van der Waals surface area contributed by atoms with Crippen molar-refractivity contribution in [3.63, 3.8) is 0 Å². The molecule has 1 atom stereocenters. The van der Waals surface area contributed by atoms with Gasteiger partial charge in [-0.3, -0.25) is 4.68 Å². The first-order chi connectivity index (χ1) is 6.90. The molecule has 1 saturated heterocycles. The third-order valence-electron chi connectivity index (χ3n) is 2.42. The second kappa shape index (κ2) is 4.52. The van der Waals surface area contributed by atoms with Crippen molar-refractivity contribution in [1.82, 2.24) is 20.1 Å². The predicted molar refractivity (Wildman–Crippen MR) is 52.0 cm³/mol. The van der Waals surface area contributed by atoms with Crippen molar-refractivity contribution in [1.29, 1.82) is 0 Å². The van der Waals surface area contributed by atoms with E-state index >= 15 is 0 Å². The quantitative estimate of drug-likeness (QED) is 0.729. The summed E-state index contributed by atoms with van der Waals surface area (Å²) in [6.07, 6.45) is 2.51. The first-order valence-electron chi connectivity index (χ1n) is 5.08. The van der Waals surface area contributed by atoms with Crippen LogP contribution in [0.5, 0.6) is 0 Å². The molecule has 1 aliphatic heterocycles. The van der Waals surface area contributed by atoms with Gasteiger partial charge in [-0.05, 0) is 6.92 Å². The molecule has 0 spiro atoms. The lowest BCUT2D eigenvalue weighted by molar-refractivity contribution is 0.0760. The van der Waals surface area contributed by atoms with E-state index in [2.05, 4.69) is 22.3 Å². The number of hydrogen-bond donors (Lipinski definition) is 1. The summed E-state index contributed by atoms with van der Waals surface area (Å²) in [5.41, 5.74) is 0. The number of hydrogen-bond acceptors (Lipinski definition) is 4. The zero-order valence-corrected chi connectivity index (χ0v) is 8.44. The smallest absolute Gasteiger partial charge is 0.138 e. The van der Waals surface area contributed by atoms with Gasteiger partial charge in [0, 0.05) is 25.6 Å². The maximum atomic E-state index is 5.38. The second-order valence-corrected chi connectivity index (χ2v) is 3.42. The highest BCUT2D eigenvalue weighted by Crippen LogP contribution is 2.02. The van der Waals surface area contributed by atoms with Crippen molar-refractivity contribution in [2.24, 2.45) is 0 Å². The van der Waals surface area contributed by atoms with Crippen LogP contribution in [0.3, 0.4) is 0 Å².